The average Bonchev–Trinajstić information content (AvgIpc) is 2.77. The summed E-state index contributed by atoms with van der Waals surface area (Å²) in [7, 11) is -2.85. The van der Waals surface area contributed by atoms with Crippen molar-refractivity contribution in [3.05, 3.63) is 114 Å². The van der Waals surface area contributed by atoms with Gasteiger partial charge in [0.2, 0.25) is 0 Å². The number of unbranched alkanes of at least 4 members (excludes halogenated alkanes) is 1. The molecule has 0 heterocycles. The van der Waals surface area contributed by atoms with Crippen LogP contribution in [0.15, 0.2) is 108 Å². The molecule has 0 amide bonds. The molecule has 3 rings (SSSR count). The summed E-state index contributed by atoms with van der Waals surface area (Å²) in [5, 5.41) is 1.76. The molecule has 0 aliphatic carbocycles. The molecular weight excluding hydrogens is 359 g/mol. The summed E-state index contributed by atoms with van der Waals surface area (Å²) in [5.74, 6) is 2.02. The molecule has 28 heavy (non-hydrogen) atoms. The van der Waals surface area contributed by atoms with Crippen molar-refractivity contribution in [2.24, 2.45) is 0 Å². The van der Waals surface area contributed by atoms with Crippen LogP contribution >= 0.6 is 7.14 Å². The second-order valence-corrected chi connectivity index (χ2v) is 9.49. The van der Waals surface area contributed by atoms with Gasteiger partial charge in [-0.3, -0.25) is 0 Å². The van der Waals surface area contributed by atoms with Gasteiger partial charge < -0.3 is 4.57 Å². The second-order valence-electron chi connectivity index (χ2n) is 6.88. The van der Waals surface area contributed by atoms with E-state index in [2.05, 4.69) is 31.2 Å². The summed E-state index contributed by atoms with van der Waals surface area (Å²) in [6.45, 7) is 2.19. The standard InChI is InChI=1S/C26H27OP/c1-2-3-13-24(21-20-23-14-7-4-8-15-23)22-28(27,25-16-9-5-10-17-25)26-18-11-6-12-19-26/h4-12,14-22H,2-3,13H2,1H3/b21-20+,24-22-. The van der Waals surface area contributed by atoms with Gasteiger partial charge in [0.15, 0.2) is 7.14 Å². The molecule has 3 aromatic carbocycles. The fourth-order valence-electron chi connectivity index (χ4n) is 3.17. The van der Waals surface area contributed by atoms with E-state index in [1.165, 1.54) is 0 Å². The van der Waals surface area contributed by atoms with E-state index < -0.39 is 7.14 Å². The van der Waals surface area contributed by atoms with Gasteiger partial charge in [0.25, 0.3) is 0 Å². The summed E-state index contributed by atoms with van der Waals surface area (Å²) in [4.78, 5) is 0. The van der Waals surface area contributed by atoms with Crippen LogP contribution in [0.1, 0.15) is 31.7 Å². The van der Waals surface area contributed by atoms with Crippen LogP contribution < -0.4 is 10.6 Å². The summed E-state index contributed by atoms with van der Waals surface area (Å²) in [6.07, 6.45) is 7.35. The van der Waals surface area contributed by atoms with E-state index >= 15 is 0 Å². The minimum atomic E-state index is -2.85. The first-order chi connectivity index (χ1) is 13.7. The maximum absolute atomic E-state index is 14.3. The quantitative estimate of drug-likeness (QED) is 0.308. The van der Waals surface area contributed by atoms with Crippen molar-refractivity contribution in [3.8, 4) is 0 Å². The summed E-state index contributed by atoms with van der Waals surface area (Å²) in [5.41, 5.74) is 2.28. The average molecular weight is 386 g/mol. The zero-order valence-electron chi connectivity index (χ0n) is 16.4. The van der Waals surface area contributed by atoms with Gasteiger partial charge in [-0.05, 0) is 29.8 Å². The number of hydrogen-bond donors (Lipinski definition) is 0. The molecule has 0 atom stereocenters. The molecule has 3 aromatic rings. The minimum Gasteiger partial charge on any atom is -0.309 e. The van der Waals surface area contributed by atoms with Crippen LogP contribution in [-0.2, 0) is 4.57 Å². The molecule has 142 valence electrons. The molecule has 0 radical (unpaired) electrons. The van der Waals surface area contributed by atoms with Crippen molar-refractivity contribution < 1.29 is 4.57 Å². The Balaban J connectivity index is 2.06. The van der Waals surface area contributed by atoms with Crippen LogP contribution in [-0.4, -0.2) is 0 Å². The van der Waals surface area contributed by atoms with Gasteiger partial charge in [-0.2, -0.15) is 0 Å². The fourth-order valence-corrected chi connectivity index (χ4v) is 5.68. The molecule has 0 bridgehead atoms. The van der Waals surface area contributed by atoms with E-state index in [1.807, 2.05) is 84.7 Å². The molecule has 0 N–H and O–H groups in total. The minimum absolute atomic E-state index is 0.878. The highest BCUT2D eigenvalue weighted by molar-refractivity contribution is 7.81. The third-order valence-electron chi connectivity index (χ3n) is 4.74. The topological polar surface area (TPSA) is 17.1 Å². The van der Waals surface area contributed by atoms with E-state index in [1.54, 1.807) is 0 Å². The van der Waals surface area contributed by atoms with Crippen LogP contribution in [0.5, 0.6) is 0 Å². The van der Waals surface area contributed by atoms with Gasteiger partial charge in [0.05, 0.1) is 0 Å². The Morgan fingerprint density at radius 1 is 0.786 bits per heavy atom. The Morgan fingerprint density at radius 2 is 1.29 bits per heavy atom. The number of benzene rings is 3. The van der Waals surface area contributed by atoms with Crippen molar-refractivity contribution in [2.45, 2.75) is 26.2 Å². The molecule has 0 aromatic heterocycles. The highest BCUT2D eigenvalue weighted by Gasteiger charge is 2.24. The van der Waals surface area contributed by atoms with Crippen LogP contribution in [0.25, 0.3) is 6.08 Å². The van der Waals surface area contributed by atoms with Crippen molar-refractivity contribution >= 4 is 23.8 Å². The van der Waals surface area contributed by atoms with E-state index in [0.717, 1.165) is 41.0 Å². The monoisotopic (exact) mass is 386 g/mol. The molecule has 0 unspecified atom stereocenters. The summed E-state index contributed by atoms with van der Waals surface area (Å²) >= 11 is 0. The molecule has 0 aliphatic rings. The van der Waals surface area contributed by atoms with Crippen LogP contribution in [0, 0.1) is 0 Å². The largest absolute Gasteiger partial charge is 0.309 e. The van der Waals surface area contributed by atoms with Crippen LogP contribution in [0.2, 0.25) is 0 Å². The van der Waals surface area contributed by atoms with E-state index in [4.69, 9.17) is 0 Å². The Morgan fingerprint density at radius 3 is 1.79 bits per heavy atom. The predicted octanol–water partition coefficient (Wildman–Crippen LogP) is 6.79. The summed E-state index contributed by atoms with van der Waals surface area (Å²) < 4.78 is 14.3. The normalized spacial score (nSPS) is 12.4. The predicted molar refractivity (Wildman–Crippen MR) is 123 cm³/mol. The summed E-state index contributed by atoms with van der Waals surface area (Å²) in [6, 6.07) is 29.9. The second kappa shape index (κ2) is 10.1. The lowest BCUT2D eigenvalue weighted by Crippen LogP contribution is -2.14. The third kappa shape index (κ3) is 5.21. The first kappa shape index (κ1) is 20.1. The lowest BCUT2D eigenvalue weighted by molar-refractivity contribution is 0.592. The Kier molecular flexibility index (Phi) is 7.23. The molecule has 0 saturated carbocycles. The van der Waals surface area contributed by atoms with Gasteiger partial charge in [-0.15, -0.1) is 0 Å². The van der Waals surface area contributed by atoms with Gasteiger partial charge in [0, 0.05) is 10.6 Å². The lowest BCUT2D eigenvalue weighted by Gasteiger charge is -2.17. The zero-order chi connectivity index (χ0) is 19.7. The van der Waals surface area contributed by atoms with E-state index in [-0.39, 0.29) is 0 Å². The molecule has 0 fully saturated rings. The van der Waals surface area contributed by atoms with Crippen molar-refractivity contribution in [1.29, 1.82) is 0 Å². The van der Waals surface area contributed by atoms with Crippen LogP contribution in [0.4, 0.5) is 0 Å². The first-order valence-corrected chi connectivity index (χ1v) is 11.7. The number of allylic oxidation sites excluding steroid dienone is 2. The van der Waals surface area contributed by atoms with Crippen molar-refractivity contribution in [3.63, 3.8) is 0 Å². The zero-order valence-corrected chi connectivity index (χ0v) is 17.3. The fraction of sp³-hybridized carbons (Fsp3) is 0.154. The molecule has 0 saturated heterocycles. The van der Waals surface area contributed by atoms with Crippen molar-refractivity contribution in [2.75, 3.05) is 0 Å². The highest BCUT2D eigenvalue weighted by atomic mass is 31.2. The van der Waals surface area contributed by atoms with Gasteiger partial charge >= 0.3 is 0 Å². The Labute approximate surface area is 168 Å². The Hall–Kier alpha value is -2.63. The molecule has 0 aliphatic heterocycles. The van der Waals surface area contributed by atoms with Crippen LogP contribution in [0.3, 0.4) is 0 Å². The first-order valence-electron chi connectivity index (χ1n) is 9.88. The molecule has 2 heteroatoms. The number of hydrogen-bond acceptors (Lipinski definition) is 1. The highest BCUT2D eigenvalue weighted by Crippen LogP contribution is 2.46. The van der Waals surface area contributed by atoms with Gasteiger partial charge in [-0.1, -0.05) is 116 Å². The van der Waals surface area contributed by atoms with Crippen molar-refractivity contribution in [1.82, 2.24) is 0 Å². The van der Waals surface area contributed by atoms with Gasteiger partial charge in [0.1, 0.15) is 0 Å². The molecule has 1 nitrogen and oxygen atoms in total. The SMILES string of the molecule is CCCCC(=C/P(=O)(c1ccccc1)c1ccccc1)/C=C/c1ccccc1. The smallest absolute Gasteiger partial charge is 0.164 e. The maximum Gasteiger partial charge on any atom is 0.164 e. The maximum atomic E-state index is 14.3. The third-order valence-corrected chi connectivity index (χ3v) is 7.56. The van der Waals surface area contributed by atoms with Gasteiger partial charge in [-0.25, -0.2) is 0 Å². The molecule has 0 spiro atoms. The lowest BCUT2D eigenvalue weighted by atomic mass is 10.1. The number of rotatable bonds is 8. The molecular formula is C26H27OP. The Bertz CT molecular complexity index is 914. The van der Waals surface area contributed by atoms with E-state index in [9.17, 15) is 4.57 Å². The van der Waals surface area contributed by atoms with E-state index in [0.29, 0.717) is 0 Å².